The molecule has 2 aromatic carbocycles. The molecule has 0 spiro atoms. The van der Waals surface area contributed by atoms with Crippen LogP contribution in [0, 0.1) is 4.91 Å². The Morgan fingerprint density at radius 1 is 0.941 bits per heavy atom. The van der Waals surface area contributed by atoms with Gasteiger partial charge in [-0.05, 0) is 41.6 Å². The second kappa shape index (κ2) is 5.03. The summed E-state index contributed by atoms with van der Waals surface area (Å²) in [6.45, 7) is 0. The molecule has 0 saturated heterocycles. The number of carbonyl (C=O) groups is 1. The van der Waals surface area contributed by atoms with Gasteiger partial charge in [-0.2, -0.15) is 0 Å². The average molecular weight is 227 g/mol. The molecule has 0 atom stereocenters. The number of hydrogen-bond donors (Lipinski definition) is 0. The zero-order chi connectivity index (χ0) is 12.1. The highest BCUT2D eigenvalue weighted by Gasteiger charge is 2.07. The molecular weight excluding hydrogens is 218 g/mol. The average Bonchev–Trinajstić information content (AvgIpc) is 2.40. The Labute approximate surface area is 97.8 Å². The maximum atomic E-state index is 11.7. The molecule has 84 valence electrons. The molecule has 0 bridgehead atoms. The molecule has 0 saturated carbocycles. The van der Waals surface area contributed by atoms with Crippen LogP contribution in [0.25, 0.3) is 0 Å². The monoisotopic (exact) mass is 227 g/mol. The molecule has 0 heterocycles. The van der Waals surface area contributed by atoms with Crippen molar-refractivity contribution in [3.8, 4) is 5.75 Å². The number of rotatable bonds is 3. The Kier molecular flexibility index (Phi) is 3.25. The number of carbonyl (C=O) groups excluding carboxylic acids is 1. The van der Waals surface area contributed by atoms with Gasteiger partial charge >= 0.3 is 5.97 Å². The van der Waals surface area contributed by atoms with E-state index >= 15 is 0 Å². The number of nitrogens with zero attached hydrogens (tertiary/aromatic N) is 1. The van der Waals surface area contributed by atoms with E-state index in [1.165, 1.54) is 24.3 Å². The maximum Gasteiger partial charge on any atom is 0.343 e. The van der Waals surface area contributed by atoms with Crippen LogP contribution in [0.3, 0.4) is 0 Å². The van der Waals surface area contributed by atoms with Gasteiger partial charge in [0.15, 0.2) is 0 Å². The summed E-state index contributed by atoms with van der Waals surface area (Å²) >= 11 is 0. The van der Waals surface area contributed by atoms with E-state index in [9.17, 15) is 9.70 Å². The molecule has 2 aromatic rings. The Hall–Kier alpha value is -2.49. The van der Waals surface area contributed by atoms with Gasteiger partial charge in [0.25, 0.3) is 0 Å². The van der Waals surface area contributed by atoms with Gasteiger partial charge in [0.1, 0.15) is 11.4 Å². The molecule has 0 fully saturated rings. The van der Waals surface area contributed by atoms with E-state index in [4.69, 9.17) is 4.74 Å². The van der Waals surface area contributed by atoms with E-state index < -0.39 is 5.97 Å². The molecule has 2 rings (SSSR count). The Balaban J connectivity index is 2.10. The van der Waals surface area contributed by atoms with Crippen molar-refractivity contribution in [3.05, 3.63) is 65.1 Å². The van der Waals surface area contributed by atoms with Crippen LogP contribution >= 0.6 is 0 Å². The Morgan fingerprint density at radius 2 is 1.59 bits per heavy atom. The third kappa shape index (κ3) is 2.75. The molecule has 17 heavy (non-hydrogen) atoms. The van der Waals surface area contributed by atoms with E-state index in [-0.39, 0.29) is 0 Å². The SMILES string of the molecule is O=Nc1ccc(OC(=O)c2ccccc2)cc1. The molecule has 0 aliphatic rings. The predicted molar refractivity (Wildman–Crippen MR) is 63.3 cm³/mol. The summed E-state index contributed by atoms with van der Waals surface area (Å²) < 4.78 is 5.12. The summed E-state index contributed by atoms with van der Waals surface area (Å²) in [6, 6.07) is 14.7. The summed E-state index contributed by atoms with van der Waals surface area (Å²) in [4.78, 5) is 21.9. The van der Waals surface area contributed by atoms with Gasteiger partial charge in [-0.3, -0.25) is 0 Å². The Morgan fingerprint density at radius 3 is 2.18 bits per heavy atom. The topological polar surface area (TPSA) is 55.7 Å². The first-order valence-electron chi connectivity index (χ1n) is 5.00. The number of ether oxygens (including phenoxy) is 1. The molecule has 0 aliphatic heterocycles. The third-order valence-corrected chi connectivity index (χ3v) is 2.16. The van der Waals surface area contributed by atoms with Gasteiger partial charge < -0.3 is 4.74 Å². The molecule has 0 aromatic heterocycles. The number of benzene rings is 2. The highest BCUT2D eigenvalue weighted by atomic mass is 16.5. The van der Waals surface area contributed by atoms with Crippen LogP contribution in [-0.4, -0.2) is 5.97 Å². The van der Waals surface area contributed by atoms with Crippen molar-refractivity contribution in [2.75, 3.05) is 0 Å². The maximum absolute atomic E-state index is 11.7. The van der Waals surface area contributed by atoms with E-state index in [2.05, 4.69) is 5.18 Å². The number of esters is 1. The molecule has 4 nitrogen and oxygen atoms in total. The van der Waals surface area contributed by atoms with Crippen LogP contribution in [-0.2, 0) is 0 Å². The van der Waals surface area contributed by atoms with Gasteiger partial charge in [0, 0.05) is 0 Å². The highest BCUT2D eigenvalue weighted by molar-refractivity contribution is 5.90. The van der Waals surface area contributed by atoms with Crippen LogP contribution < -0.4 is 4.74 Å². The minimum absolute atomic E-state index is 0.296. The minimum Gasteiger partial charge on any atom is -0.423 e. The second-order valence-corrected chi connectivity index (χ2v) is 3.34. The van der Waals surface area contributed by atoms with E-state index in [0.717, 1.165) is 0 Å². The van der Waals surface area contributed by atoms with Crippen molar-refractivity contribution >= 4 is 11.7 Å². The fraction of sp³-hybridized carbons (Fsp3) is 0. The third-order valence-electron chi connectivity index (χ3n) is 2.16. The van der Waals surface area contributed by atoms with Crippen LogP contribution in [0.2, 0.25) is 0 Å². The van der Waals surface area contributed by atoms with E-state index in [1.54, 1.807) is 24.3 Å². The molecule has 4 heteroatoms. The van der Waals surface area contributed by atoms with Crippen LogP contribution in [0.4, 0.5) is 5.69 Å². The van der Waals surface area contributed by atoms with E-state index in [1.807, 2.05) is 6.07 Å². The largest absolute Gasteiger partial charge is 0.423 e. The normalized spacial score (nSPS) is 9.65. The molecule has 0 unspecified atom stereocenters. The van der Waals surface area contributed by atoms with Gasteiger partial charge in [-0.15, -0.1) is 4.91 Å². The van der Waals surface area contributed by atoms with E-state index in [0.29, 0.717) is 17.0 Å². The second-order valence-electron chi connectivity index (χ2n) is 3.34. The molecule has 0 aliphatic carbocycles. The number of nitroso groups, excluding NO2 is 1. The molecular formula is C13H9NO3. The summed E-state index contributed by atoms with van der Waals surface area (Å²) in [6.07, 6.45) is 0. The zero-order valence-corrected chi connectivity index (χ0v) is 8.87. The summed E-state index contributed by atoms with van der Waals surface area (Å²) in [5.41, 5.74) is 0.773. The lowest BCUT2D eigenvalue weighted by atomic mass is 10.2. The fourth-order valence-corrected chi connectivity index (χ4v) is 1.32. The Bertz CT molecular complexity index is 520. The van der Waals surface area contributed by atoms with Gasteiger partial charge in [-0.25, -0.2) is 4.79 Å². The lowest BCUT2D eigenvalue weighted by Crippen LogP contribution is -2.07. The molecule has 0 radical (unpaired) electrons. The van der Waals surface area contributed by atoms with Gasteiger partial charge in [0.05, 0.1) is 5.56 Å². The first-order chi connectivity index (χ1) is 8.29. The summed E-state index contributed by atoms with van der Waals surface area (Å²) in [5.74, 6) is -0.0522. The fourth-order valence-electron chi connectivity index (χ4n) is 1.32. The standard InChI is InChI=1S/C13H9NO3/c15-13(10-4-2-1-3-5-10)17-12-8-6-11(14-16)7-9-12/h1-9H. The van der Waals surface area contributed by atoms with Crippen molar-refractivity contribution < 1.29 is 9.53 Å². The van der Waals surface area contributed by atoms with Crippen molar-refractivity contribution in [2.24, 2.45) is 5.18 Å². The summed E-state index contributed by atoms with van der Waals surface area (Å²) in [5, 5.41) is 2.76. The van der Waals surface area contributed by atoms with Crippen LogP contribution in [0.5, 0.6) is 5.75 Å². The van der Waals surface area contributed by atoms with Gasteiger partial charge in [0.2, 0.25) is 0 Å². The first kappa shape index (κ1) is 11.0. The lowest BCUT2D eigenvalue weighted by Gasteiger charge is -2.03. The smallest absolute Gasteiger partial charge is 0.343 e. The van der Waals surface area contributed by atoms with Crippen molar-refractivity contribution in [1.82, 2.24) is 0 Å². The van der Waals surface area contributed by atoms with Crippen molar-refractivity contribution in [3.63, 3.8) is 0 Å². The van der Waals surface area contributed by atoms with Crippen molar-refractivity contribution in [2.45, 2.75) is 0 Å². The van der Waals surface area contributed by atoms with Crippen molar-refractivity contribution in [1.29, 1.82) is 0 Å². The number of hydrogen-bond acceptors (Lipinski definition) is 4. The quantitative estimate of drug-likeness (QED) is 0.459. The summed E-state index contributed by atoms with van der Waals surface area (Å²) in [7, 11) is 0. The highest BCUT2D eigenvalue weighted by Crippen LogP contribution is 2.18. The predicted octanol–water partition coefficient (Wildman–Crippen LogP) is 3.30. The first-order valence-corrected chi connectivity index (χ1v) is 5.00. The minimum atomic E-state index is -0.433. The van der Waals surface area contributed by atoms with Crippen LogP contribution in [0.15, 0.2) is 59.8 Å². The molecule has 0 amide bonds. The zero-order valence-electron chi connectivity index (χ0n) is 8.87. The molecule has 0 N–H and O–H groups in total. The lowest BCUT2D eigenvalue weighted by molar-refractivity contribution is 0.0735. The van der Waals surface area contributed by atoms with Gasteiger partial charge in [-0.1, -0.05) is 18.2 Å². The van der Waals surface area contributed by atoms with Crippen LogP contribution in [0.1, 0.15) is 10.4 Å².